The topological polar surface area (TPSA) is 84.9 Å². The third kappa shape index (κ3) is 5.59. The van der Waals surface area contributed by atoms with Gasteiger partial charge in [0.15, 0.2) is 0 Å². The summed E-state index contributed by atoms with van der Waals surface area (Å²) in [5.74, 6) is -0.584. The molecule has 30 heavy (non-hydrogen) atoms. The molecule has 0 aliphatic carbocycles. The SMILES string of the molecule is CCOc1cccc(C(=O)N2CCNC(=O)[C@H]2CC(=O)OCCc2ccccc2)c1. The van der Waals surface area contributed by atoms with Gasteiger partial charge in [0.1, 0.15) is 11.8 Å². The molecule has 7 nitrogen and oxygen atoms in total. The van der Waals surface area contributed by atoms with Gasteiger partial charge >= 0.3 is 5.97 Å². The Morgan fingerprint density at radius 1 is 1.13 bits per heavy atom. The van der Waals surface area contributed by atoms with E-state index in [2.05, 4.69) is 5.32 Å². The summed E-state index contributed by atoms with van der Waals surface area (Å²) in [5.41, 5.74) is 1.48. The molecule has 0 bridgehead atoms. The number of piperazine rings is 1. The molecular weight excluding hydrogens is 384 g/mol. The van der Waals surface area contributed by atoms with Crippen molar-refractivity contribution >= 4 is 17.8 Å². The van der Waals surface area contributed by atoms with Crippen LogP contribution >= 0.6 is 0 Å². The molecule has 158 valence electrons. The number of hydrogen-bond acceptors (Lipinski definition) is 5. The largest absolute Gasteiger partial charge is 0.494 e. The normalized spacial score (nSPS) is 16.0. The predicted molar refractivity (Wildman–Crippen MR) is 111 cm³/mol. The van der Waals surface area contributed by atoms with Gasteiger partial charge in [0.2, 0.25) is 5.91 Å². The molecule has 2 amide bonds. The molecule has 0 unspecified atom stereocenters. The molecule has 1 aliphatic rings. The first-order valence-corrected chi connectivity index (χ1v) is 10.1. The number of esters is 1. The second-order valence-electron chi connectivity index (χ2n) is 6.93. The summed E-state index contributed by atoms with van der Waals surface area (Å²) in [6.45, 7) is 3.24. The maximum atomic E-state index is 13.0. The number of amides is 2. The number of hydrogen-bond donors (Lipinski definition) is 1. The van der Waals surface area contributed by atoms with Gasteiger partial charge in [0, 0.05) is 25.1 Å². The molecule has 1 heterocycles. The summed E-state index contributed by atoms with van der Waals surface area (Å²) in [5, 5.41) is 2.72. The summed E-state index contributed by atoms with van der Waals surface area (Å²) in [6, 6.07) is 15.6. The van der Waals surface area contributed by atoms with Crippen molar-refractivity contribution in [3.63, 3.8) is 0 Å². The summed E-state index contributed by atoms with van der Waals surface area (Å²) in [4.78, 5) is 39.2. The monoisotopic (exact) mass is 410 g/mol. The number of benzene rings is 2. The average Bonchev–Trinajstić information content (AvgIpc) is 2.76. The molecule has 2 aromatic carbocycles. The maximum Gasteiger partial charge on any atom is 0.308 e. The Kier molecular flexibility index (Phi) is 7.43. The molecule has 1 saturated heterocycles. The van der Waals surface area contributed by atoms with Gasteiger partial charge in [-0.3, -0.25) is 14.4 Å². The molecule has 2 aromatic rings. The lowest BCUT2D eigenvalue weighted by molar-refractivity contribution is -0.147. The van der Waals surface area contributed by atoms with Gasteiger partial charge < -0.3 is 19.7 Å². The number of rotatable bonds is 8. The molecular formula is C23H26N2O5. The van der Waals surface area contributed by atoms with Crippen LogP contribution in [0, 0.1) is 0 Å². The van der Waals surface area contributed by atoms with Crippen LogP contribution in [0.25, 0.3) is 0 Å². The van der Waals surface area contributed by atoms with E-state index in [1.54, 1.807) is 24.3 Å². The smallest absolute Gasteiger partial charge is 0.308 e. The zero-order chi connectivity index (χ0) is 21.3. The highest BCUT2D eigenvalue weighted by Gasteiger charge is 2.35. The van der Waals surface area contributed by atoms with Gasteiger partial charge in [-0.05, 0) is 30.7 Å². The fourth-order valence-electron chi connectivity index (χ4n) is 3.36. The first kappa shape index (κ1) is 21.4. The molecule has 0 radical (unpaired) electrons. The number of ether oxygens (including phenoxy) is 2. The van der Waals surface area contributed by atoms with Crippen LogP contribution in [-0.4, -0.2) is 55.0 Å². The third-order valence-electron chi connectivity index (χ3n) is 4.84. The zero-order valence-corrected chi connectivity index (χ0v) is 17.0. The first-order valence-electron chi connectivity index (χ1n) is 10.1. The lowest BCUT2D eigenvalue weighted by atomic mass is 10.1. The third-order valence-corrected chi connectivity index (χ3v) is 4.84. The van der Waals surface area contributed by atoms with Crippen molar-refractivity contribution in [2.75, 3.05) is 26.3 Å². The van der Waals surface area contributed by atoms with E-state index >= 15 is 0 Å². The van der Waals surface area contributed by atoms with Crippen molar-refractivity contribution < 1.29 is 23.9 Å². The van der Waals surface area contributed by atoms with Gasteiger partial charge in [-0.2, -0.15) is 0 Å². The molecule has 1 atom stereocenters. The molecule has 1 N–H and O–H groups in total. The van der Waals surface area contributed by atoms with E-state index in [0.29, 0.717) is 37.4 Å². The van der Waals surface area contributed by atoms with Crippen molar-refractivity contribution in [1.29, 1.82) is 0 Å². The highest BCUT2D eigenvalue weighted by molar-refractivity contribution is 5.99. The summed E-state index contributed by atoms with van der Waals surface area (Å²) >= 11 is 0. The Bertz CT molecular complexity index is 884. The van der Waals surface area contributed by atoms with Crippen molar-refractivity contribution in [2.24, 2.45) is 0 Å². The summed E-state index contributed by atoms with van der Waals surface area (Å²) < 4.78 is 10.8. The lowest BCUT2D eigenvalue weighted by Crippen LogP contribution is -2.57. The Morgan fingerprint density at radius 2 is 1.93 bits per heavy atom. The number of carbonyl (C=O) groups is 3. The lowest BCUT2D eigenvalue weighted by Gasteiger charge is -2.34. The quantitative estimate of drug-likeness (QED) is 0.675. The van der Waals surface area contributed by atoms with Crippen LogP contribution in [0.5, 0.6) is 5.75 Å². The second kappa shape index (κ2) is 10.4. The molecule has 1 aliphatic heterocycles. The highest BCUT2D eigenvalue weighted by atomic mass is 16.5. The average molecular weight is 410 g/mol. The van der Waals surface area contributed by atoms with E-state index < -0.39 is 12.0 Å². The van der Waals surface area contributed by atoms with Crippen LogP contribution in [0.2, 0.25) is 0 Å². The fraction of sp³-hybridized carbons (Fsp3) is 0.348. The van der Waals surface area contributed by atoms with Crippen LogP contribution in [0.1, 0.15) is 29.3 Å². The van der Waals surface area contributed by atoms with E-state index in [0.717, 1.165) is 5.56 Å². The van der Waals surface area contributed by atoms with E-state index in [9.17, 15) is 14.4 Å². The van der Waals surface area contributed by atoms with Crippen molar-refractivity contribution in [1.82, 2.24) is 10.2 Å². The Balaban J connectivity index is 1.62. The van der Waals surface area contributed by atoms with Crippen LogP contribution in [0.15, 0.2) is 54.6 Å². The summed E-state index contributed by atoms with van der Waals surface area (Å²) in [6.07, 6.45) is 0.411. The van der Waals surface area contributed by atoms with Crippen LogP contribution in [-0.2, 0) is 20.7 Å². The van der Waals surface area contributed by atoms with E-state index in [1.165, 1.54) is 4.90 Å². The predicted octanol–water partition coefficient (Wildman–Crippen LogP) is 2.20. The van der Waals surface area contributed by atoms with Crippen molar-refractivity contribution in [2.45, 2.75) is 25.8 Å². The molecule has 3 rings (SSSR count). The van der Waals surface area contributed by atoms with E-state index in [-0.39, 0.29) is 24.8 Å². The zero-order valence-electron chi connectivity index (χ0n) is 17.0. The molecule has 0 spiro atoms. The van der Waals surface area contributed by atoms with Gasteiger partial charge in [-0.25, -0.2) is 0 Å². The van der Waals surface area contributed by atoms with Crippen molar-refractivity contribution in [3.05, 3.63) is 65.7 Å². The van der Waals surface area contributed by atoms with Gasteiger partial charge in [0.05, 0.1) is 19.6 Å². The molecule has 7 heteroatoms. The minimum Gasteiger partial charge on any atom is -0.494 e. The Morgan fingerprint density at radius 3 is 2.70 bits per heavy atom. The standard InChI is InChI=1S/C23H26N2O5/c1-2-29-19-10-6-9-18(15-19)23(28)25-13-12-24-22(27)20(25)16-21(26)30-14-11-17-7-4-3-5-8-17/h3-10,15,20H,2,11-14,16H2,1H3,(H,24,27)/t20-/m1/s1. The first-order chi connectivity index (χ1) is 14.6. The fourth-order valence-corrected chi connectivity index (χ4v) is 3.36. The minimum absolute atomic E-state index is 0.183. The van der Waals surface area contributed by atoms with Gasteiger partial charge in [0.25, 0.3) is 5.91 Å². The Labute approximate surface area is 176 Å². The van der Waals surface area contributed by atoms with Gasteiger partial charge in [-0.1, -0.05) is 36.4 Å². The number of nitrogens with one attached hydrogen (secondary N) is 1. The molecule has 0 saturated carbocycles. The van der Waals surface area contributed by atoms with Crippen LogP contribution < -0.4 is 10.1 Å². The molecule has 1 fully saturated rings. The van der Waals surface area contributed by atoms with Crippen molar-refractivity contribution in [3.8, 4) is 5.75 Å². The second-order valence-corrected chi connectivity index (χ2v) is 6.93. The molecule has 0 aromatic heterocycles. The van der Waals surface area contributed by atoms with Crippen LogP contribution in [0.3, 0.4) is 0 Å². The highest BCUT2D eigenvalue weighted by Crippen LogP contribution is 2.19. The van der Waals surface area contributed by atoms with E-state index in [1.807, 2.05) is 37.3 Å². The maximum absolute atomic E-state index is 13.0. The minimum atomic E-state index is -0.897. The summed E-state index contributed by atoms with van der Waals surface area (Å²) in [7, 11) is 0. The van der Waals surface area contributed by atoms with Crippen LogP contribution in [0.4, 0.5) is 0 Å². The Hall–Kier alpha value is -3.35. The van der Waals surface area contributed by atoms with Gasteiger partial charge in [-0.15, -0.1) is 0 Å². The van der Waals surface area contributed by atoms with E-state index in [4.69, 9.17) is 9.47 Å². The number of carbonyl (C=O) groups excluding carboxylic acids is 3. The number of nitrogens with zero attached hydrogens (tertiary/aromatic N) is 1.